The minimum absolute atomic E-state index is 0.219. The third kappa shape index (κ3) is 2.94. The molecule has 0 aliphatic rings. The van der Waals surface area contributed by atoms with Crippen LogP contribution in [0.2, 0.25) is 0 Å². The largest absolute Gasteiger partial charge is 0.364 e. The molecular weight excluding hydrogens is 223 g/mol. The number of terminal acetylenes is 1. The first-order valence-electron chi connectivity index (χ1n) is 4.97. The second-order valence-electron chi connectivity index (χ2n) is 4.27. The number of nitrogens with one attached hydrogen (secondary N) is 1. The lowest BCUT2D eigenvalue weighted by molar-refractivity contribution is -0.384. The highest BCUT2D eigenvalue weighted by Crippen LogP contribution is 2.29. The Labute approximate surface area is 99.0 Å². The summed E-state index contributed by atoms with van der Waals surface area (Å²) in [5.41, 5.74) is -0.520. The molecule has 0 aromatic heterocycles. The van der Waals surface area contributed by atoms with Gasteiger partial charge in [-0.25, -0.2) is 4.39 Å². The predicted molar refractivity (Wildman–Crippen MR) is 64.3 cm³/mol. The number of nitro groups is 1. The van der Waals surface area contributed by atoms with E-state index in [1.807, 2.05) is 0 Å². The molecule has 0 radical (unpaired) electrons. The van der Waals surface area contributed by atoms with Gasteiger partial charge in [0.2, 0.25) is 0 Å². The van der Waals surface area contributed by atoms with Crippen LogP contribution in [-0.2, 0) is 0 Å². The van der Waals surface area contributed by atoms with Gasteiger partial charge in [0.25, 0.3) is 5.69 Å². The van der Waals surface area contributed by atoms with E-state index in [0.717, 1.165) is 6.07 Å². The van der Waals surface area contributed by atoms with Crippen molar-refractivity contribution in [3.05, 3.63) is 33.6 Å². The average molecular weight is 236 g/mol. The van der Waals surface area contributed by atoms with Crippen LogP contribution in [0.3, 0.4) is 0 Å². The van der Waals surface area contributed by atoms with Crippen molar-refractivity contribution in [3.8, 4) is 12.3 Å². The molecule has 0 unspecified atom stereocenters. The quantitative estimate of drug-likeness (QED) is 0.498. The summed E-state index contributed by atoms with van der Waals surface area (Å²) in [4.78, 5) is 10.2. The fourth-order valence-corrected chi connectivity index (χ4v) is 1.29. The normalized spacial score (nSPS) is 10.8. The van der Waals surface area contributed by atoms with Gasteiger partial charge in [-0.1, -0.05) is 5.92 Å². The Morgan fingerprint density at radius 1 is 1.53 bits per heavy atom. The molecule has 1 rings (SSSR count). The fraction of sp³-hybridized carbons (Fsp3) is 0.333. The summed E-state index contributed by atoms with van der Waals surface area (Å²) in [6.45, 7) is 4.94. The fourth-order valence-electron chi connectivity index (χ4n) is 1.29. The Kier molecular flexibility index (Phi) is 3.37. The van der Waals surface area contributed by atoms with Crippen molar-refractivity contribution in [3.63, 3.8) is 0 Å². The van der Waals surface area contributed by atoms with Crippen LogP contribution in [0.1, 0.15) is 19.4 Å². The molecule has 0 fully saturated rings. The van der Waals surface area contributed by atoms with Crippen LogP contribution >= 0.6 is 0 Å². The molecule has 0 amide bonds. The van der Waals surface area contributed by atoms with Crippen LogP contribution in [-0.4, -0.2) is 10.5 Å². The minimum Gasteiger partial charge on any atom is -0.364 e. The van der Waals surface area contributed by atoms with Crippen molar-refractivity contribution in [1.29, 1.82) is 0 Å². The predicted octanol–water partition coefficient (Wildman–Crippen LogP) is 2.87. The van der Waals surface area contributed by atoms with Crippen LogP contribution in [0.5, 0.6) is 0 Å². The highest BCUT2D eigenvalue weighted by molar-refractivity contribution is 5.64. The van der Waals surface area contributed by atoms with Crippen LogP contribution in [0.15, 0.2) is 12.1 Å². The molecule has 0 atom stereocenters. The van der Waals surface area contributed by atoms with Crippen molar-refractivity contribution >= 4 is 11.4 Å². The molecule has 17 heavy (non-hydrogen) atoms. The highest BCUT2D eigenvalue weighted by Gasteiger charge is 2.22. The molecule has 4 nitrogen and oxygen atoms in total. The number of nitrogens with zero attached hydrogens (tertiary/aromatic N) is 1. The van der Waals surface area contributed by atoms with Gasteiger partial charge in [0.1, 0.15) is 11.5 Å². The number of aryl methyl sites for hydroxylation is 1. The van der Waals surface area contributed by atoms with E-state index in [-0.39, 0.29) is 11.4 Å². The molecule has 0 spiro atoms. The number of nitro benzene ring substituents is 1. The Morgan fingerprint density at radius 3 is 2.59 bits per heavy atom. The number of halogens is 1. The van der Waals surface area contributed by atoms with Crippen LogP contribution in [0.25, 0.3) is 0 Å². The molecule has 1 N–H and O–H groups in total. The number of hydrogen-bond acceptors (Lipinski definition) is 3. The summed E-state index contributed by atoms with van der Waals surface area (Å²) >= 11 is 0. The number of benzene rings is 1. The molecule has 0 aliphatic heterocycles. The van der Waals surface area contributed by atoms with Gasteiger partial charge in [-0.2, -0.15) is 0 Å². The van der Waals surface area contributed by atoms with E-state index in [4.69, 9.17) is 6.42 Å². The first kappa shape index (κ1) is 13.0. The SMILES string of the molecule is C#CC(C)(C)Nc1cc(C)c(F)cc1[N+](=O)[O-]. The Hall–Kier alpha value is -2.09. The van der Waals surface area contributed by atoms with Gasteiger partial charge in [0, 0.05) is 0 Å². The Balaban J connectivity index is 3.28. The summed E-state index contributed by atoms with van der Waals surface area (Å²) < 4.78 is 13.3. The van der Waals surface area contributed by atoms with E-state index in [2.05, 4.69) is 11.2 Å². The molecule has 0 bridgehead atoms. The first-order valence-corrected chi connectivity index (χ1v) is 4.97. The number of anilines is 1. The van der Waals surface area contributed by atoms with Crippen LogP contribution in [0, 0.1) is 35.2 Å². The van der Waals surface area contributed by atoms with Crippen molar-refractivity contribution < 1.29 is 9.31 Å². The zero-order valence-electron chi connectivity index (χ0n) is 9.87. The summed E-state index contributed by atoms with van der Waals surface area (Å²) in [6.07, 6.45) is 5.29. The van der Waals surface area contributed by atoms with Crippen molar-refractivity contribution in [1.82, 2.24) is 0 Å². The van der Waals surface area contributed by atoms with Gasteiger partial charge in [-0.3, -0.25) is 10.1 Å². The second kappa shape index (κ2) is 4.42. The summed E-state index contributed by atoms with van der Waals surface area (Å²) in [7, 11) is 0. The summed E-state index contributed by atoms with van der Waals surface area (Å²) in [6, 6.07) is 2.27. The lowest BCUT2D eigenvalue weighted by atomic mass is 10.1. The Morgan fingerprint density at radius 2 is 2.12 bits per heavy atom. The molecule has 5 heteroatoms. The summed E-state index contributed by atoms with van der Waals surface area (Å²) in [5, 5.41) is 13.6. The van der Waals surface area contributed by atoms with Gasteiger partial charge in [0.05, 0.1) is 16.5 Å². The third-order valence-electron chi connectivity index (χ3n) is 2.28. The molecule has 90 valence electrons. The van der Waals surface area contributed by atoms with Crippen molar-refractivity contribution in [2.24, 2.45) is 0 Å². The maximum Gasteiger partial charge on any atom is 0.295 e. The summed E-state index contributed by atoms with van der Waals surface area (Å²) in [5.74, 6) is 1.85. The molecule has 0 saturated carbocycles. The van der Waals surface area contributed by atoms with E-state index in [1.54, 1.807) is 13.8 Å². The standard InChI is InChI=1S/C12H13FN2O2/c1-5-12(3,4)14-10-6-8(2)9(13)7-11(10)15(16)17/h1,6-7,14H,2-4H3. The smallest absolute Gasteiger partial charge is 0.295 e. The maximum atomic E-state index is 13.3. The Bertz CT molecular complexity index is 504. The highest BCUT2D eigenvalue weighted by atomic mass is 19.1. The molecule has 1 aromatic carbocycles. The van der Waals surface area contributed by atoms with Crippen LogP contribution in [0.4, 0.5) is 15.8 Å². The monoisotopic (exact) mass is 236 g/mol. The van der Waals surface area contributed by atoms with E-state index in [1.165, 1.54) is 13.0 Å². The minimum atomic E-state index is -0.741. The lowest BCUT2D eigenvalue weighted by Gasteiger charge is -2.21. The van der Waals surface area contributed by atoms with Gasteiger partial charge in [-0.15, -0.1) is 6.42 Å². The van der Waals surface area contributed by atoms with E-state index < -0.39 is 16.3 Å². The molecule has 0 saturated heterocycles. The second-order valence-corrected chi connectivity index (χ2v) is 4.27. The molecular formula is C12H13FN2O2. The zero-order chi connectivity index (χ0) is 13.2. The van der Waals surface area contributed by atoms with Gasteiger partial charge in [-0.05, 0) is 32.4 Å². The molecule has 0 heterocycles. The lowest BCUT2D eigenvalue weighted by Crippen LogP contribution is -2.28. The topological polar surface area (TPSA) is 55.2 Å². The van der Waals surface area contributed by atoms with Crippen molar-refractivity contribution in [2.75, 3.05) is 5.32 Å². The van der Waals surface area contributed by atoms with E-state index in [9.17, 15) is 14.5 Å². The van der Waals surface area contributed by atoms with Gasteiger partial charge in [0.15, 0.2) is 0 Å². The maximum absolute atomic E-state index is 13.3. The number of rotatable bonds is 3. The van der Waals surface area contributed by atoms with Crippen molar-refractivity contribution in [2.45, 2.75) is 26.3 Å². The van der Waals surface area contributed by atoms with Gasteiger partial charge >= 0.3 is 0 Å². The van der Waals surface area contributed by atoms with E-state index in [0.29, 0.717) is 5.56 Å². The first-order chi connectivity index (χ1) is 7.76. The average Bonchev–Trinajstić information content (AvgIpc) is 2.22. The molecule has 1 aromatic rings. The third-order valence-corrected chi connectivity index (χ3v) is 2.28. The number of hydrogen-bond donors (Lipinski definition) is 1. The zero-order valence-corrected chi connectivity index (χ0v) is 9.87. The van der Waals surface area contributed by atoms with Crippen LogP contribution < -0.4 is 5.32 Å². The molecule has 0 aliphatic carbocycles. The van der Waals surface area contributed by atoms with Gasteiger partial charge < -0.3 is 5.32 Å². The van der Waals surface area contributed by atoms with E-state index >= 15 is 0 Å².